The van der Waals surface area contributed by atoms with Crippen molar-refractivity contribution >= 4 is 27.8 Å². The molecule has 1 N–H and O–H groups in total. The molecular formula is C23H45NO4S2. The first kappa shape index (κ1) is 27.8. The van der Waals surface area contributed by atoms with Crippen LogP contribution in [0.5, 0.6) is 0 Å². The molecule has 0 aromatic rings. The zero-order valence-electron chi connectivity index (χ0n) is 19.2. The van der Waals surface area contributed by atoms with Gasteiger partial charge in [0.15, 0.2) is 0 Å². The van der Waals surface area contributed by atoms with Crippen molar-refractivity contribution in [3.63, 3.8) is 0 Å². The SMILES string of the molecule is CCCCCCCCCCCCCCCCSCCS(=O)(=O)N1CCC[C@H]1C(=O)O. The van der Waals surface area contributed by atoms with E-state index in [-0.39, 0.29) is 5.75 Å². The van der Waals surface area contributed by atoms with E-state index in [0.29, 0.717) is 25.1 Å². The molecule has 1 aliphatic heterocycles. The minimum absolute atomic E-state index is 0.0556. The maximum Gasteiger partial charge on any atom is 0.322 e. The molecule has 0 saturated carbocycles. The van der Waals surface area contributed by atoms with Crippen molar-refractivity contribution in [2.45, 2.75) is 116 Å². The highest BCUT2D eigenvalue weighted by molar-refractivity contribution is 8.00. The lowest BCUT2D eigenvalue weighted by Crippen LogP contribution is -2.41. The average Bonchev–Trinajstić information content (AvgIpc) is 3.22. The third kappa shape index (κ3) is 12.6. The maximum atomic E-state index is 12.4. The second-order valence-corrected chi connectivity index (χ2v) is 11.9. The minimum atomic E-state index is -3.44. The third-order valence-corrected chi connectivity index (χ3v) is 9.17. The lowest BCUT2D eigenvalue weighted by molar-refractivity contribution is -0.140. The van der Waals surface area contributed by atoms with Gasteiger partial charge in [0, 0.05) is 12.3 Å². The minimum Gasteiger partial charge on any atom is -0.480 e. The molecule has 0 unspecified atom stereocenters. The zero-order chi connectivity index (χ0) is 22.1. The number of aliphatic carboxylic acids is 1. The Kier molecular flexibility index (Phi) is 16.0. The van der Waals surface area contributed by atoms with Crippen LogP contribution in [0.2, 0.25) is 0 Å². The van der Waals surface area contributed by atoms with E-state index in [1.807, 2.05) is 0 Å². The Labute approximate surface area is 189 Å². The fourth-order valence-electron chi connectivity index (χ4n) is 4.10. The van der Waals surface area contributed by atoms with E-state index in [1.54, 1.807) is 11.8 Å². The second-order valence-electron chi connectivity index (χ2n) is 8.63. The van der Waals surface area contributed by atoms with Crippen LogP contribution >= 0.6 is 11.8 Å². The van der Waals surface area contributed by atoms with Crippen molar-refractivity contribution in [3.8, 4) is 0 Å². The van der Waals surface area contributed by atoms with Gasteiger partial charge in [0.1, 0.15) is 6.04 Å². The number of unbranched alkanes of at least 4 members (excludes halogenated alkanes) is 13. The van der Waals surface area contributed by atoms with Gasteiger partial charge in [-0.15, -0.1) is 0 Å². The van der Waals surface area contributed by atoms with Crippen molar-refractivity contribution in [1.29, 1.82) is 0 Å². The number of sulfonamides is 1. The van der Waals surface area contributed by atoms with Gasteiger partial charge in [-0.3, -0.25) is 4.79 Å². The topological polar surface area (TPSA) is 74.7 Å². The third-order valence-electron chi connectivity index (χ3n) is 5.97. The van der Waals surface area contributed by atoms with Crippen LogP contribution in [0.1, 0.15) is 110 Å². The van der Waals surface area contributed by atoms with E-state index < -0.39 is 22.0 Å². The van der Waals surface area contributed by atoms with Gasteiger partial charge in [0.2, 0.25) is 10.0 Å². The first-order valence-corrected chi connectivity index (χ1v) is 15.1. The van der Waals surface area contributed by atoms with Crippen molar-refractivity contribution < 1.29 is 18.3 Å². The maximum absolute atomic E-state index is 12.4. The lowest BCUT2D eigenvalue weighted by Gasteiger charge is -2.20. The molecule has 30 heavy (non-hydrogen) atoms. The summed E-state index contributed by atoms with van der Waals surface area (Å²) in [7, 11) is -3.44. The molecule has 1 atom stereocenters. The first-order chi connectivity index (χ1) is 14.5. The summed E-state index contributed by atoms with van der Waals surface area (Å²) in [6.07, 6.45) is 19.9. The Morgan fingerprint density at radius 1 is 0.867 bits per heavy atom. The number of hydrogen-bond donors (Lipinski definition) is 1. The summed E-state index contributed by atoms with van der Waals surface area (Å²) in [4.78, 5) is 11.2. The van der Waals surface area contributed by atoms with Gasteiger partial charge in [-0.25, -0.2) is 8.42 Å². The average molecular weight is 464 g/mol. The number of carboxylic acid groups (broad SMARTS) is 1. The van der Waals surface area contributed by atoms with Gasteiger partial charge < -0.3 is 5.11 Å². The van der Waals surface area contributed by atoms with Crippen molar-refractivity contribution in [2.24, 2.45) is 0 Å². The van der Waals surface area contributed by atoms with Crippen LogP contribution in [0.25, 0.3) is 0 Å². The molecule has 7 heteroatoms. The molecule has 1 aliphatic rings. The van der Waals surface area contributed by atoms with E-state index in [0.717, 1.165) is 12.2 Å². The highest BCUT2D eigenvalue weighted by Gasteiger charge is 2.38. The van der Waals surface area contributed by atoms with Crippen LogP contribution in [0.15, 0.2) is 0 Å². The van der Waals surface area contributed by atoms with Gasteiger partial charge in [0.05, 0.1) is 5.75 Å². The fraction of sp³-hybridized carbons (Fsp3) is 0.957. The summed E-state index contributed by atoms with van der Waals surface area (Å²) in [5, 5.41) is 9.16. The summed E-state index contributed by atoms with van der Waals surface area (Å²) in [5.41, 5.74) is 0. The summed E-state index contributed by atoms with van der Waals surface area (Å²) in [5.74, 6) is 0.589. The molecule has 1 heterocycles. The molecule has 1 saturated heterocycles. The summed E-state index contributed by atoms with van der Waals surface area (Å²) < 4.78 is 25.9. The quantitative estimate of drug-likeness (QED) is 0.221. The predicted octanol–water partition coefficient (Wildman–Crippen LogP) is 6.08. The largest absolute Gasteiger partial charge is 0.480 e. The van der Waals surface area contributed by atoms with Crippen LogP contribution in [-0.4, -0.2) is 53.6 Å². The van der Waals surface area contributed by atoms with Gasteiger partial charge in [-0.2, -0.15) is 16.1 Å². The van der Waals surface area contributed by atoms with Gasteiger partial charge in [-0.1, -0.05) is 90.4 Å². The summed E-state index contributed by atoms with van der Waals surface area (Å²) >= 11 is 1.68. The highest BCUT2D eigenvalue weighted by atomic mass is 32.2. The number of hydrogen-bond acceptors (Lipinski definition) is 4. The normalized spacial score (nSPS) is 17.6. The van der Waals surface area contributed by atoms with Crippen LogP contribution in [0, 0.1) is 0 Å². The van der Waals surface area contributed by atoms with Crippen molar-refractivity contribution in [2.75, 3.05) is 23.8 Å². The zero-order valence-corrected chi connectivity index (χ0v) is 20.8. The van der Waals surface area contributed by atoms with Crippen LogP contribution in [0.4, 0.5) is 0 Å². The molecule has 0 spiro atoms. The second kappa shape index (κ2) is 17.3. The Hall–Kier alpha value is -0.270. The Morgan fingerprint density at radius 2 is 1.37 bits per heavy atom. The monoisotopic (exact) mass is 463 g/mol. The fourth-order valence-corrected chi connectivity index (χ4v) is 7.25. The van der Waals surface area contributed by atoms with Crippen LogP contribution < -0.4 is 0 Å². The van der Waals surface area contributed by atoms with E-state index in [4.69, 9.17) is 5.11 Å². The van der Waals surface area contributed by atoms with Gasteiger partial charge in [0.25, 0.3) is 0 Å². The smallest absolute Gasteiger partial charge is 0.322 e. The molecule has 0 aromatic carbocycles. The summed E-state index contributed by atoms with van der Waals surface area (Å²) in [6.45, 7) is 2.62. The number of carbonyl (C=O) groups is 1. The van der Waals surface area contributed by atoms with Crippen molar-refractivity contribution in [1.82, 2.24) is 4.31 Å². The Morgan fingerprint density at radius 3 is 1.87 bits per heavy atom. The van der Waals surface area contributed by atoms with Crippen LogP contribution in [0.3, 0.4) is 0 Å². The number of rotatable bonds is 20. The molecule has 1 rings (SSSR count). The van der Waals surface area contributed by atoms with E-state index in [1.165, 1.54) is 87.8 Å². The summed E-state index contributed by atoms with van der Waals surface area (Å²) in [6, 6.07) is -0.856. The van der Waals surface area contributed by atoms with E-state index >= 15 is 0 Å². The first-order valence-electron chi connectivity index (χ1n) is 12.3. The lowest BCUT2D eigenvalue weighted by atomic mass is 10.0. The molecular weight excluding hydrogens is 418 g/mol. The Bertz CT molecular complexity index is 539. The number of thioether (sulfide) groups is 1. The number of nitrogens with zero attached hydrogens (tertiary/aromatic N) is 1. The van der Waals surface area contributed by atoms with E-state index in [2.05, 4.69) is 6.92 Å². The standard InChI is InChI=1S/C23H45NO4S2/c1-2-3-4-5-6-7-8-9-10-11-12-13-14-15-19-29-20-21-30(27,28)24-18-16-17-22(24)23(25)26/h22H,2-21H2,1H3,(H,25,26)/t22-/m0/s1. The van der Waals surface area contributed by atoms with E-state index in [9.17, 15) is 13.2 Å². The molecule has 178 valence electrons. The van der Waals surface area contributed by atoms with Crippen LogP contribution in [-0.2, 0) is 14.8 Å². The van der Waals surface area contributed by atoms with Gasteiger partial charge in [-0.05, 0) is 25.0 Å². The molecule has 5 nitrogen and oxygen atoms in total. The van der Waals surface area contributed by atoms with Crippen molar-refractivity contribution in [3.05, 3.63) is 0 Å². The molecule has 0 amide bonds. The molecule has 0 aromatic heterocycles. The molecule has 1 fully saturated rings. The Balaban J connectivity index is 1.88. The molecule has 0 aliphatic carbocycles. The van der Waals surface area contributed by atoms with Gasteiger partial charge >= 0.3 is 5.97 Å². The molecule has 0 bridgehead atoms. The predicted molar refractivity (Wildman–Crippen MR) is 129 cm³/mol. The number of carboxylic acids is 1. The molecule has 0 radical (unpaired) electrons. The highest BCUT2D eigenvalue weighted by Crippen LogP contribution is 2.22.